The third kappa shape index (κ3) is 4.37. The molecule has 1 unspecified atom stereocenters. The molecular weight excluding hydrogens is 252 g/mol. The van der Waals surface area contributed by atoms with Crippen LogP contribution in [-0.2, 0) is 13.0 Å². The summed E-state index contributed by atoms with van der Waals surface area (Å²) in [5.74, 6) is 1.23. The lowest BCUT2D eigenvalue weighted by Gasteiger charge is -2.09. The number of hydrogen-bond donors (Lipinski definition) is 0. The van der Waals surface area contributed by atoms with Crippen molar-refractivity contribution in [3.63, 3.8) is 0 Å². The van der Waals surface area contributed by atoms with Gasteiger partial charge in [-0.1, -0.05) is 36.2 Å². The summed E-state index contributed by atoms with van der Waals surface area (Å²) < 4.78 is 2.27. The molecule has 1 atom stereocenters. The van der Waals surface area contributed by atoms with E-state index < -0.39 is 0 Å². The van der Waals surface area contributed by atoms with Crippen LogP contribution in [0.25, 0.3) is 0 Å². The molecule has 0 N–H and O–H groups in total. The van der Waals surface area contributed by atoms with E-state index in [0.717, 1.165) is 13.0 Å². The molecule has 0 saturated carbocycles. The van der Waals surface area contributed by atoms with Crippen molar-refractivity contribution in [2.75, 3.05) is 0 Å². The van der Waals surface area contributed by atoms with Crippen molar-refractivity contribution >= 4 is 15.9 Å². The van der Waals surface area contributed by atoms with Gasteiger partial charge in [0.15, 0.2) is 0 Å². The summed E-state index contributed by atoms with van der Waals surface area (Å²) in [5.41, 5.74) is 0. The molecule has 1 aromatic rings. The third-order valence-corrected chi connectivity index (χ3v) is 3.46. The van der Waals surface area contributed by atoms with Gasteiger partial charge in [0.25, 0.3) is 0 Å². The van der Waals surface area contributed by atoms with Crippen LogP contribution >= 0.6 is 15.9 Å². The van der Waals surface area contributed by atoms with E-state index in [0.29, 0.717) is 4.83 Å². The molecule has 0 aromatic carbocycles. The first-order chi connectivity index (χ1) is 7.27. The molecule has 1 rings (SSSR count). The Labute approximate surface area is 101 Å². The predicted octanol–water partition coefficient (Wildman–Crippen LogP) is 3.79. The van der Waals surface area contributed by atoms with Crippen LogP contribution < -0.4 is 0 Å². The van der Waals surface area contributed by atoms with Crippen LogP contribution in [0.4, 0.5) is 0 Å². The van der Waals surface area contributed by atoms with Gasteiger partial charge >= 0.3 is 0 Å². The average molecular weight is 273 g/mol. The van der Waals surface area contributed by atoms with E-state index in [9.17, 15) is 0 Å². The van der Waals surface area contributed by atoms with Crippen LogP contribution in [-0.4, -0.2) is 14.4 Å². The molecule has 0 radical (unpaired) electrons. The molecule has 0 aliphatic carbocycles. The van der Waals surface area contributed by atoms with Crippen LogP contribution in [0.1, 0.15) is 45.4 Å². The Hall–Kier alpha value is -0.310. The van der Waals surface area contributed by atoms with Gasteiger partial charge in [0.05, 0.1) is 0 Å². The van der Waals surface area contributed by atoms with Gasteiger partial charge in [-0.05, 0) is 19.3 Å². The molecular formula is C12H21BrN2. The van der Waals surface area contributed by atoms with Crippen LogP contribution in [0, 0.1) is 0 Å². The van der Waals surface area contributed by atoms with Crippen LogP contribution in [0.5, 0.6) is 0 Å². The summed E-state index contributed by atoms with van der Waals surface area (Å²) in [6.07, 6.45) is 9.96. The summed E-state index contributed by atoms with van der Waals surface area (Å²) in [6.45, 7) is 5.52. The van der Waals surface area contributed by atoms with Gasteiger partial charge in [0.2, 0.25) is 0 Å². The van der Waals surface area contributed by atoms with Gasteiger partial charge < -0.3 is 4.57 Å². The minimum Gasteiger partial charge on any atom is -0.335 e. The number of aryl methyl sites for hydroxylation is 2. The second-order valence-corrected chi connectivity index (χ2v) is 5.26. The van der Waals surface area contributed by atoms with Crippen molar-refractivity contribution < 1.29 is 0 Å². The number of hydrogen-bond acceptors (Lipinski definition) is 1. The molecule has 0 fully saturated rings. The normalized spacial score (nSPS) is 13.0. The molecule has 0 amide bonds. The summed E-state index contributed by atoms with van der Waals surface area (Å²) in [7, 11) is 0. The highest BCUT2D eigenvalue weighted by atomic mass is 79.9. The molecule has 1 heterocycles. The maximum absolute atomic E-state index is 4.41. The highest BCUT2D eigenvalue weighted by Gasteiger charge is 2.06. The Morgan fingerprint density at radius 3 is 2.80 bits per heavy atom. The zero-order valence-electron chi connectivity index (χ0n) is 9.75. The molecule has 86 valence electrons. The van der Waals surface area contributed by atoms with Gasteiger partial charge in [0, 0.05) is 30.2 Å². The van der Waals surface area contributed by atoms with Gasteiger partial charge in [-0.2, -0.15) is 0 Å². The van der Waals surface area contributed by atoms with Crippen molar-refractivity contribution in [2.24, 2.45) is 0 Å². The SMILES string of the molecule is CCCC(Br)CCc1nccn1CCC. The van der Waals surface area contributed by atoms with E-state index >= 15 is 0 Å². The summed E-state index contributed by atoms with van der Waals surface area (Å²) in [4.78, 5) is 5.06. The maximum Gasteiger partial charge on any atom is 0.108 e. The monoisotopic (exact) mass is 272 g/mol. The highest BCUT2D eigenvalue weighted by molar-refractivity contribution is 9.09. The Bertz CT molecular complexity index is 270. The van der Waals surface area contributed by atoms with E-state index in [4.69, 9.17) is 0 Å². The third-order valence-electron chi connectivity index (χ3n) is 2.55. The Kier molecular flexibility index (Phi) is 5.99. The predicted molar refractivity (Wildman–Crippen MR) is 68.5 cm³/mol. The van der Waals surface area contributed by atoms with E-state index in [1.54, 1.807) is 0 Å². The van der Waals surface area contributed by atoms with Crippen LogP contribution in [0.3, 0.4) is 0 Å². The van der Waals surface area contributed by atoms with Crippen molar-refractivity contribution in [1.29, 1.82) is 0 Å². The highest BCUT2D eigenvalue weighted by Crippen LogP contribution is 2.15. The van der Waals surface area contributed by atoms with Crippen molar-refractivity contribution in [3.8, 4) is 0 Å². The van der Waals surface area contributed by atoms with Gasteiger partial charge in [-0.3, -0.25) is 0 Å². The largest absolute Gasteiger partial charge is 0.335 e. The van der Waals surface area contributed by atoms with Crippen LogP contribution in [0.2, 0.25) is 0 Å². The Morgan fingerprint density at radius 2 is 2.13 bits per heavy atom. The number of halogens is 1. The summed E-state index contributed by atoms with van der Waals surface area (Å²) >= 11 is 3.71. The first-order valence-corrected chi connectivity index (χ1v) is 6.83. The molecule has 0 aliphatic rings. The molecule has 1 aromatic heterocycles. The lowest BCUT2D eigenvalue weighted by atomic mass is 10.1. The maximum atomic E-state index is 4.41. The zero-order chi connectivity index (χ0) is 11.1. The van der Waals surface area contributed by atoms with E-state index in [1.807, 2.05) is 6.20 Å². The molecule has 0 bridgehead atoms. The number of rotatable bonds is 7. The van der Waals surface area contributed by atoms with E-state index in [1.165, 1.54) is 31.5 Å². The fourth-order valence-corrected chi connectivity index (χ4v) is 2.44. The van der Waals surface area contributed by atoms with Gasteiger partial charge in [0.1, 0.15) is 5.82 Å². The first kappa shape index (κ1) is 12.8. The molecule has 15 heavy (non-hydrogen) atoms. The summed E-state index contributed by atoms with van der Waals surface area (Å²) in [5, 5.41) is 0. The number of alkyl halides is 1. The van der Waals surface area contributed by atoms with Crippen molar-refractivity contribution in [2.45, 2.75) is 57.3 Å². The second-order valence-electron chi connectivity index (χ2n) is 3.96. The summed E-state index contributed by atoms with van der Waals surface area (Å²) in [6, 6.07) is 0. The number of aromatic nitrogens is 2. The van der Waals surface area contributed by atoms with E-state index in [2.05, 4.69) is 45.5 Å². The number of imidazole rings is 1. The van der Waals surface area contributed by atoms with Gasteiger partial charge in [-0.25, -0.2) is 4.98 Å². The molecule has 0 spiro atoms. The zero-order valence-corrected chi connectivity index (χ0v) is 11.3. The second kappa shape index (κ2) is 7.04. The minimum absolute atomic E-state index is 0.647. The Morgan fingerprint density at radius 1 is 1.33 bits per heavy atom. The first-order valence-electron chi connectivity index (χ1n) is 5.92. The number of nitrogens with zero attached hydrogens (tertiary/aromatic N) is 2. The lowest BCUT2D eigenvalue weighted by molar-refractivity contribution is 0.608. The quantitative estimate of drug-likeness (QED) is 0.691. The standard InChI is InChI=1S/C12H21BrN2/c1-3-5-11(13)6-7-12-14-8-10-15(12)9-4-2/h8,10-11H,3-7,9H2,1-2H3. The average Bonchev–Trinajstić information content (AvgIpc) is 2.64. The Balaban J connectivity index is 2.39. The minimum atomic E-state index is 0.647. The lowest BCUT2D eigenvalue weighted by Crippen LogP contribution is -2.06. The van der Waals surface area contributed by atoms with Gasteiger partial charge in [-0.15, -0.1) is 0 Å². The topological polar surface area (TPSA) is 17.8 Å². The molecule has 3 heteroatoms. The fourth-order valence-electron chi connectivity index (χ4n) is 1.76. The van der Waals surface area contributed by atoms with Crippen LogP contribution in [0.15, 0.2) is 12.4 Å². The van der Waals surface area contributed by atoms with E-state index in [-0.39, 0.29) is 0 Å². The molecule has 0 saturated heterocycles. The molecule has 2 nitrogen and oxygen atoms in total. The van der Waals surface area contributed by atoms with Crippen molar-refractivity contribution in [1.82, 2.24) is 9.55 Å². The smallest absolute Gasteiger partial charge is 0.108 e. The molecule has 0 aliphatic heterocycles. The van der Waals surface area contributed by atoms with Crippen molar-refractivity contribution in [3.05, 3.63) is 18.2 Å². The fraction of sp³-hybridized carbons (Fsp3) is 0.750.